The van der Waals surface area contributed by atoms with Gasteiger partial charge in [-0.1, -0.05) is 36.2 Å². The number of nitrogens with one attached hydrogen (secondary N) is 1. The Morgan fingerprint density at radius 1 is 1.21 bits per heavy atom. The van der Waals surface area contributed by atoms with Crippen LogP contribution in [0.25, 0.3) is 0 Å². The Labute approximate surface area is 120 Å². The summed E-state index contributed by atoms with van der Waals surface area (Å²) in [5.41, 5.74) is 0.911. The molecule has 2 rings (SSSR count). The van der Waals surface area contributed by atoms with Gasteiger partial charge in [-0.3, -0.25) is 9.59 Å². The average molecular weight is 296 g/mol. The number of pyridine rings is 1. The fourth-order valence-corrected chi connectivity index (χ4v) is 2.38. The summed E-state index contributed by atoms with van der Waals surface area (Å²) in [5.74, 6) is -0.517. The molecule has 1 unspecified atom stereocenters. The largest absolute Gasteiger partial charge is 0.328 e. The number of carbonyl (C=O) groups is 1. The summed E-state index contributed by atoms with van der Waals surface area (Å²) in [5, 5.41) is 0.982. The Kier molecular flexibility index (Phi) is 4.08. The number of Topliss-reactive ketones (excluding diaryl/α,β-unsaturated/α-hetero) is 1. The number of carbonyl (C=O) groups excluding carboxylic acids is 1. The molecule has 0 aliphatic rings. The van der Waals surface area contributed by atoms with Gasteiger partial charge in [0.1, 0.15) is 0 Å². The Morgan fingerprint density at radius 3 is 2.53 bits per heavy atom. The van der Waals surface area contributed by atoms with Gasteiger partial charge >= 0.3 is 0 Å². The first-order chi connectivity index (χ1) is 8.99. The minimum atomic E-state index is -0.407. The Morgan fingerprint density at radius 2 is 1.95 bits per heavy atom. The number of benzene rings is 1. The van der Waals surface area contributed by atoms with E-state index in [0.29, 0.717) is 21.2 Å². The molecule has 2 aromatic rings. The monoisotopic (exact) mass is 295 g/mol. The van der Waals surface area contributed by atoms with Crippen molar-refractivity contribution in [2.45, 2.75) is 12.8 Å². The van der Waals surface area contributed by atoms with Gasteiger partial charge in [0.05, 0.1) is 0 Å². The summed E-state index contributed by atoms with van der Waals surface area (Å²) in [7, 11) is 0. The highest BCUT2D eigenvalue weighted by molar-refractivity contribution is 6.35. The molecule has 0 saturated heterocycles. The van der Waals surface area contributed by atoms with E-state index in [2.05, 4.69) is 4.98 Å². The predicted molar refractivity (Wildman–Crippen MR) is 76.3 cm³/mol. The van der Waals surface area contributed by atoms with Crippen molar-refractivity contribution in [2.75, 3.05) is 0 Å². The zero-order chi connectivity index (χ0) is 14.0. The second kappa shape index (κ2) is 5.59. The lowest BCUT2D eigenvalue weighted by molar-refractivity contribution is 0.0965. The fraction of sp³-hybridized carbons (Fsp3) is 0.143. The van der Waals surface area contributed by atoms with E-state index in [-0.39, 0.29) is 11.3 Å². The molecule has 1 aromatic heterocycles. The molecule has 1 heterocycles. The molecule has 5 heteroatoms. The van der Waals surface area contributed by atoms with Gasteiger partial charge in [-0.05, 0) is 23.8 Å². The van der Waals surface area contributed by atoms with Gasteiger partial charge in [-0.25, -0.2) is 0 Å². The second-order valence-corrected chi connectivity index (χ2v) is 5.04. The van der Waals surface area contributed by atoms with Crippen LogP contribution in [0.5, 0.6) is 0 Å². The maximum Gasteiger partial charge on any atom is 0.247 e. The average Bonchev–Trinajstić information content (AvgIpc) is 2.38. The predicted octanol–water partition coefficient (Wildman–Crippen LogP) is 3.67. The van der Waals surface area contributed by atoms with Gasteiger partial charge in [-0.2, -0.15) is 0 Å². The van der Waals surface area contributed by atoms with Gasteiger partial charge in [0.25, 0.3) is 0 Å². The van der Waals surface area contributed by atoms with Crippen molar-refractivity contribution in [3.63, 3.8) is 0 Å². The van der Waals surface area contributed by atoms with Gasteiger partial charge in [0, 0.05) is 33.8 Å². The van der Waals surface area contributed by atoms with Crippen molar-refractivity contribution in [2.24, 2.45) is 0 Å². The molecule has 0 amide bonds. The molecule has 1 N–H and O–H groups in total. The van der Waals surface area contributed by atoms with Crippen molar-refractivity contribution < 1.29 is 4.79 Å². The molecular formula is C14H11Cl2NO2. The molecule has 0 spiro atoms. The van der Waals surface area contributed by atoms with Crippen LogP contribution in [0.3, 0.4) is 0 Å². The number of aromatic nitrogens is 1. The standard InChI is InChI=1S/C14H11Cl2NO2/c1-8(11-4-3-10(15)6-12(11)16)14(19)9-2-5-13(18)17-7-9/h2-8H,1H3,(H,17,18). The third-order valence-corrected chi connectivity index (χ3v) is 3.45. The first kappa shape index (κ1) is 13.8. The quantitative estimate of drug-likeness (QED) is 0.879. The fourth-order valence-electron chi connectivity index (χ4n) is 1.81. The van der Waals surface area contributed by atoms with E-state index in [1.165, 1.54) is 18.3 Å². The first-order valence-corrected chi connectivity index (χ1v) is 6.42. The normalized spacial score (nSPS) is 12.2. The number of H-pyrrole nitrogens is 1. The molecule has 1 atom stereocenters. The lowest BCUT2D eigenvalue weighted by Crippen LogP contribution is -2.13. The summed E-state index contributed by atoms with van der Waals surface area (Å²) in [6, 6.07) is 7.86. The maximum atomic E-state index is 12.3. The summed E-state index contributed by atoms with van der Waals surface area (Å²) < 4.78 is 0. The topological polar surface area (TPSA) is 49.9 Å². The van der Waals surface area contributed by atoms with Crippen LogP contribution in [0.1, 0.15) is 28.8 Å². The number of rotatable bonds is 3. The zero-order valence-corrected chi connectivity index (χ0v) is 11.6. The van der Waals surface area contributed by atoms with Gasteiger partial charge in [0.15, 0.2) is 5.78 Å². The van der Waals surface area contributed by atoms with Crippen LogP contribution in [-0.4, -0.2) is 10.8 Å². The number of ketones is 1. The molecule has 0 radical (unpaired) electrons. The van der Waals surface area contributed by atoms with Crippen LogP contribution in [0.2, 0.25) is 10.0 Å². The van der Waals surface area contributed by atoms with E-state index in [1.807, 2.05) is 0 Å². The molecule has 98 valence electrons. The Bertz CT molecular complexity index is 659. The van der Waals surface area contributed by atoms with Crippen LogP contribution in [0, 0.1) is 0 Å². The third kappa shape index (κ3) is 3.06. The summed E-state index contributed by atoms with van der Waals surface area (Å²) in [4.78, 5) is 25.7. The molecule has 0 saturated carbocycles. The number of hydrogen-bond acceptors (Lipinski definition) is 2. The summed E-state index contributed by atoms with van der Waals surface area (Å²) >= 11 is 11.9. The van der Waals surface area contributed by atoms with Crippen LogP contribution >= 0.6 is 23.2 Å². The van der Waals surface area contributed by atoms with E-state index < -0.39 is 5.92 Å². The molecule has 0 aliphatic carbocycles. The highest BCUT2D eigenvalue weighted by atomic mass is 35.5. The van der Waals surface area contributed by atoms with E-state index >= 15 is 0 Å². The van der Waals surface area contributed by atoms with Crippen LogP contribution in [0.4, 0.5) is 0 Å². The number of aromatic amines is 1. The van der Waals surface area contributed by atoms with E-state index in [1.54, 1.807) is 25.1 Å². The second-order valence-electron chi connectivity index (χ2n) is 4.19. The minimum Gasteiger partial charge on any atom is -0.328 e. The first-order valence-electron chi connectivity index (χ1n) is 5.67. The summed E-state index contributed by atoms with van der Waals surface area (Å²) in [6.45, 7) is 1.77. The number of halogens is 2. The molecule has 19 heavy (non-hydrogen) atoms. The van der Waals surface area contributed by atoms with E-state index in [4.69, 9.17) is 23.2 Å². The Hall–Kier alpha value is -1.58. The smallest absolute Gasteiger partial charge is 0.247 e. The van der Waals surface area contributed by atoms with Crippen LogP contribution in [-0.2, 0) is 0 Å². The molecular weight excluding hydrogens is 285 g/mol. The van der Waals surface area contributed by atoms with Crippen molar-refractivity contribution in [3.8, 4) is 0 Å². The van der Waals surface area contributed by atoms with Crippen molar-refractivity contribution >= 4 is 29.0 Å². The summed E-state index contributed by atoms with van der Waals surface area (Å²) in [6.07, 6.45) is 1.41. The number of hydrogen-bond donors (Lipinski definition) is 1. The molecule has 0 aliphatic heterocycles. The molecule has 3 nitrogen and oxygen atoms in total. The van der Waals surface area contributed by atoms with Crippen molar-refractivity contribution in [3.05, 3.63) is 68.1 Å². The SMILES string of the molecule is CC(C(=O)c1ccc(=O)[nH]c1)c1ccc(Cl)cc1Cl. The van der Waals surface area contributed by atoms with E-state index in [0.717, 1.165) is 0 Å². The molecule has 0 bridgehead atoms. The van der Waals surface area contributed by atoms with E-state index in [9.17, 15) is 9.59 Å². The highest BCUT2D eigenvalue weighted by Gasteiger charge is 2.19. The highest BCUT2D eigenvalue weighted by Crippen LogP contribution is 2.29. The van der Waals surface area contributed by atoms with Crippen molar-refractivity contribution in [1.29, 1.82) is 0 Å². The Balaban J connectivity index is 2.33. The molecule has 1 aromatic carbocycles. The van der Waals surface area contributed by atoms with Crippen molar-refractivity contribution in [1.82, 2.24) is 4.98 Å². The maximum absolute atomic E-state index is 12.3. The van der Waals surface area contributed by atoms with Gasteiger partial charge < -0.3 is 4.98 Å². The lowest BCUT2D eigenvalue weighted by atomic mass is 9.93. The lowest BCUT2D eigenvalue weighted by Gasteiger charge is -2.12. The third-order valence-electron chi connectivity index (χ3n) is 2.89. The molecule has 0 fully saturated rings. The minimum absolute atomic E-state index is 0.111. The van der Waals surface area contributed by atoms with Crippen LogP contribution in [0.15, 0.2) is 41.3 Å². The van der Waals surface area contributed by atoms with Gasteiger partial charge in [-0.15, -0.1) is 0 Å². The van der Waals surface area contributed by atoms with Crippen LogP contribution < -0.4 is 5.56 Å². The van der Waals surface area contributed by atoms with Gasteiger partial charge in [0.2, 0.25) is 5.56 Å². The zero-order valence-electron chi connectivity index (χ0n) is 10.1.